The Morgan fingerprint density at radius 2 is 1.67 bits per heavy atom. The lowest BCUT2D eigenvalue weighted by Gasteiger charge is -2.12. The van der Waals surface area contributed by atoms with Crippen molar-refractivity contribution in [1.29, 1.82) is 0 Å². The van der Waals surface area contributed by atoms with Crippen LogP contribution in [0.1, 0.15) is 17.0 Å². The minimum atomic E-state index is -0.377. The van der Waals surface area contributed by atoms with Crippen LogP contribution in [0.2, 0.25) is 15.1 Å². The lowest BCUT2D eigenvalue weighted by molar-refractivity contribution is -0.113. The number of imide groups is 1. The van der Waals surface area contributed by atoms with Gasteiger partial charge in [-0.05, 0) is 79.7 Å². The Morgan fingerprint density at radius 3 is 2.40 bits per heavy atom. The minimum absolute atomic E-state index is 0.345. The second kappa shape index (κ2) is 8.16. The third-order valence-electron chi connectivity index (χ3n) is 4.77. The van der Waals surface area contributed by atoms with Gasteiger partial charge in [-0.1, -0.05) is 40.9 Å². The number of halogens is 3. The van der Waals surface area contributed by atoms with Crippen molar-refractivity contribution in [2.75, 3.05) is 4.90 Å². The maximum atomic E-state index is 12.9. The van der Waals surface area contributed by atoms with Crippen molar-refractivity contribution in [3.8, 4) is 5.69 Å². The highest BCUT2D eigenvalue weighted by Gasteiger charge is 2.36. The molecule has 0 bridgehead atoms. The summed E-state index contributed by atoms with van der Waals surface area (Å²) in [6.07, 6.45) is 1.73. The Hall–Kier alpha value is -2.18. The number of hydrogen-bond donors (Lipinski definition) is 0. The van der Waals surface area contributed by atoms with Gasteiger partial charge in [0.15, 0.2) is 0 Å². The van der Waals surface area contributed by atoms with E-state index in [0.717, 1.165) is 39.3 Å². The van der Waals surface area contributed by atoms with Crippen molar-refractivity contribution >= 4 is 69.5 Å². The Morgan fingerprint density at radius 1 is 0.933 bits per heavy atom. The number of nitrogens with zero attached hydrogens (tertiary/aromatic N) is 2. The molecule has 8 heteroatoms. The number of carbonyl (C=O) groups excluding carboxylic acids is 2. The summed E-state index contributed by atoms with van der Waals surface area (Å²) in [6.45, 7) is 3.87. The van der Waals surface area contributed by atoms with Crippen molar-refractivity contribution in [3.63, 3.8) is 0 Å². The van der Waals surface area contributed by atoms with Crippen molar-refractivity contribution in [2.24, 2.45) is 0 Å². The van der Waals surface area contributed by atoms with Crippen LogP contribution in [0.4, 0.5) is 10.5 Å². The molecule has 4 nitrogen and oxygen atoms in total. The van der Waals surface area contributed by atoms with E-state index in [0.29, 0.717) is 25.7 Å². The van der Waals surface area contributed by atoms with Crippen LogP contribution in [-0.4, -0.2) is 15.7 Å². The van der Waals surface area contributed by atoms with Crippen molar-refractivity contribution in [2.45, 2.75) is 13.8 Å². The zero-order valence-corrected chi connectivity index (χ0v) is 19.0. The second-order valence-electron chi connectivity index (χ2n) is 6.75. The van der Waals surface area contributed by atoms with E-state index in [4.69, 9.17) is 34.8 Å². The van der Waals surface area contributed by atoms with Crippen LogP contribution < -0.4 is 4.90 Å². The number of benzene rings is 2. The molecule has 30 heavy (non-hydrogen) atoms. The molecule has 1 saturated heterocycles. The van der Waals surface area contributed by atoms with Crippen LogP contribution in [0.25, 0.3) is 11.8 Å². The summed E-state index contributed by atoms with van der Waals surface area (Å²) in [6, 6.07) is 13.9. The molecule has 1 aromatic heterocycles. The lowest BCUT2D eigenvalue weighted by Crippen LogP contribution is -2.27. The highest BCUT2D eigenvalue weighted by Crippen LogP contribution is 2.37. The van der Waals surface area contributed by atoms with Crippen molar-refractivity contribution in [1.82, 2.24) is 4.57 Å². The van der Waals surface area contributed by atoms with Gasteiger partial charge in [0, 0.05) is 21.4 Å². The summed E-state index contributed by atoms with van der Waals surface area (Å²) in [7, 11) is 0. The molecule has 0 atom stereocenters. The van der Waals surface area contributed by atoms with Crippen LogP contribution in [0.3, 0.4) is 0 Å². The summed E-state index contributed by atoms with van der Waals surface area (Å²) >= 11 is 19.4. The average molecular weight is 478 g/mol. The monoisotopic (exact) mass is 476 g/mol. The van der Waals surface area contributed by atoms with E-state index in [1.807, 2.05) is 24.5 Å². The molecule has 1 aliphatic heterocycles. The standard InChI is InChI=1S/C22H15Cl3N2O2S/c1-12-8-14(13(2)26(12)19-11-16(24)6-7-18(19)25)9-20-21(28)27(22(29)30-20)17-5-3-4-15(23)10-17/h3-11H,1-2H3/b20-9+. The van der Waals surface area contributed by atoms with E-state index in [9.17, 15) is 9.59 Å². The Labute approximate surface area is 193 Å². The van der Waals surface area contributed by atoms with Crippen molar-refractivity contribution < 1.29 is 9.59 Å². The average Bonchev–Trinajstić information content (AvgIpc) is 3.12. The van der Waals surface area contributed by atoms with Gasteiger partial charge < -0.3 is 4.57 Å². The molecule has 3 aromatic rings. The molecule has 0 aliphatic carbocycles. The predicted molar refractivity (Wildman–Crippen MR) is 125 cm³/mol. The first-order valence-corrected chi connectivity index (χ1v) is 10.9. The fourth-order valence-corrected chi connectivity index (χ4v) is 4.79. The number of hydrogen-bond acceptors (Lipinski definition) is 3. The van der Waals surface area contributed by atoms with Crippen LogP contribution in [-0.2, 0) is 4.79 Å². The van der Waals surface area contributed by atoms with Gasteiger partial charge in [0.25, 0.3) is 11.1 Å². The molecular weight excluding hydrogens is 463 g/mol. The summed E-state index contributed by atoms with van der Waals surface area (Å²) in [5.74, 6) is -0.377. The van der Waals surface area contributed by atoms with Crippen LogP contribution in [0.5, 0.6) is 0 Å². The predicted octanol–water partition coefficient (Wildman–Crippen LogP) is 7.30. The summed E-state index contributed by atoms with van der Waals surface area (Å²) < 4.78 is 1.97. The molecule has 0 unspecified atom stereocenters. The van der Waals surface area contributed by atoms with Gasteiger partial charge in [0.05, 0.1) is 21.3 Å². The summed E-state index contributed by atoms with van der Waals surface area (Å²) in [5, 5.41) is 1.23. The maximum Gasteiger partial charge on any atom is 0.298 e. The van der Waals surface area contributed by atoms with Crippen molar-refractivity contribution in [3.05, 3.63) is 85.5 Å². The first kappa shape index (κ1) is 21.1. The molecule has 0 radical (unpaired) electrons. The molecule has 2 aromatic carbocycles. The molecule has 2 amide bonds. The Bertz CT molecular complexity index is 1230. The zero-order chi connectivity index (χ0) is 21.6. The largest absolute Gasteiger partial charge is 0.316 e. The second-order valence-corrected chi connectivity index (χ2v) is 9.03. The quantitative estimate of drug-likeness (QED) is 0.372. The SMILES string of the molecule is Cc1cc(/C=C2/SC(=O)N(c3cccc(Cl)c3)C2=O)c(C)n1-c1cc(Cl)ccc1Cl. The third kappa shape index (κ3) is 3.79. The molecule has 0 spiro atoms. The van der Waals surface area contributed by atoms with Gasteiger partial charge in [0.1, 0.15) is 0 Å². The molecule has 0 saturated carbocycles. The first-order valence-electron chi connectivity index (χ1n) is 8.94. The highest BCUT2D eigenvalue weighted by molar-refractivity contribution is 8.19. The molecule has 4 rings (SSSR count). The van der Waals surface area contributed by atoms with Gasteiger partial charge in [-0.2, -0.15) is 0 Å². The Balaban J connectivity index is 1.73. The number of thioether (sulfide) groups is 1. The van der Waals surface area contributed by atoms with Gasteiger partial charge >= 0.3 is 0 Å². The van der Waals surface area contributed by atoms with Gasteiger partial charge in [-0.25, -0.2) is 4.90 Å². The fraction of sp³-hybridized carbons (Fsp3) is 0.0909. The van der Waals surface area contributed by atoms with Crippen LogP contribution in [0, 0.1) is 13.8 Å². The van der Waals surface area contributed by atoms with E-state index in [1.54, 1.807) is 48.5 Å². The summed E-state index contributed by atoms with van der Waals surface area (Å²) in [4.78, 5) is 26.9. The zero-order valence-electron chi connectivity index (χ0n) is 15.9. The summed E-state index contributed by atoms with van der Waals surface area (Å²) in [5.41, 5.74) is 3.83. The van der Waals surface area contributed by atoms with Gasteiger partial charge in [-0.3, -0.25) is 9.59 Å². The topological polar surface area (TPSA) is 42.3 Å². The first-order chi connectivity index (χ1) is 14.3. The number of aromatic nitrogens is 1. The maximum absolute atomic E-state index is 12.9. The van der Waals surface area contributed by atoms with E-state index in [2.05, 4.69) is 0 Å². The molecule has 0 N–H and O–H groups in total. The third-order valence-corrected chi connectivity index (χ3v) is 6.43. The number of aryl methyl sites for hydroxylation is 1. The molecule has 1 fully saturated rings. The molecule has 2 heterocycles. The number of rotatable bonds is 3. The van der Waals surface area contributed by atoms with E-state index < -0.39 is 0 Å². The van der Waals surface area contributed by atoms with Gasteiger partial charge in [-0.15, -0.1) is 0 Å². The number of anilines is 1. The smallest absolute Gasteiger partial charge is 0.298 e. The number of carbonyl (C=O) groups is 2. The van der Waals surface area contributed by atoms with Gasteiger partial charge in [0.2, 0.25) is 0 Å². The normalized spacial score (nSPS) is 15.5. The van der Waals surface area contributed by atoms with E-state index >= 15 is 0 Å². The lowest BCUT2D eigenvalue weighted by atomic mass is 10.2. The van der Waals surface area contributed by atoms with E-state index in [1.165, 1.54) is 0 Å². The Kier molecular flexibility index (Phi) is 5.73. The number of amides is 2. The molecule has 1 aliphatic rings. The fourth-order valence-electron chi connectivity index (χ4n) is 3.41. The van der Waals surface area contributed by atoms with Crippen LogP contribution >= 0.6 is 46.6 Å². The molecule has 152 valence electrons. The molecular formula is C22H15Cl3N2O2S. The van der Waals surface area contributed by atoms with E-state index in [-0.39, 0.29) is 11.1 Å². The van der Waals surface area contributed by atoms with Crippen LogP contribution in [0.15, 0.2) is 53.4 Å². The highest BCUT2D eigenvalue weighted by atomic mass is 35.5. The minimum Gasteiger partial charge on any atom is -0.316 e.